The molecule has 0 aliphatic heterocycles. The molecule has 5 nitrogen and oxygen atoms in total. The van der Waals surface area contributed by atoms with Crippen LogP contribution in [0, 0.1) is 0 Å². The van der Waals surface area contributed by atoms with E-state index < -0.39 is 0 Å². The molecule has 1 heterocycles. The summed E-state index contributed by atoms with van der Waals surface area (Å²) in [6.07, 6.45) is 1.65. The lowest BCUT2D eigenvalue weighted by molar-refractivity contribution is 0.301. The van der Waals surface area contributed by atoms with Gasteiger partial charge in [0.15, 0.2) is 5.95 Å². The van der Waals surface area contributed by atoms with Crippen molar-refractivity contribution in [3.63, 3.8) is 0 Å². The first kappa shape index (κ1) is 10.4. The minimum atomic E-state index is 0.397. The van der Waals surface area contributed by atoms with Crippen molar-refractivity contribution < 1.29 is 9.47 Å². The van der Waals surface area contributed by atoms with Crippen molar-refractivity contribution in [3.05, 3.63) is 36.2 Å². The number of H-pyrrole nitrogens is 1. The van der Waals surface area contributed by atoms with Gasteiger partial charge >= 0.3 is 0 Å². The van der Waals surface area contributed by atoms with E-state index >= 15 is 0 Å². The molecule has 0 aliphatic rings. The topological polar surface area (TPSA) is 73.2 Å². The smallest absolute Gasteiger partial charge is 0.197 e. The summed E-state index contributed by atoms with van der Waals surface area (Å²) < 4.78 is 10.6. The van der Waals surface area contributed by atoms with E-state index in [1.165, 1.54) is 0 Å². The zero-order chi connectivity index (χ0) is 11.4. The quantitative estimate of drug-likeness (QED) is 0.818. The van der Waals surface area contributed by atoms with Gasteiger partial charge in [-0.1, -0.05) is 0 Å². The predicted octanol–water partition coefficient (Wildman–Crippen LogP) is 1.58. The molecule has 0 amide bonds. The van der Waals surface area contributed by atoms with Crippen LogP contribution in [-0.2, 0) is 6.61 Å². The number of aromatic amines is 1. The molecule has 2 rings (SSSR count). The Morgan fingerprint density at radius 2 is 1.94 bits per heavy atom. The minimum Gasteiger partial charge on any atom is -0.497 e. The second-order valence-corrected chi connectivity index (χ2v) is 3.26. The number of nitrogen functional groups attached to an aromatic ring is 1. The summed E-state index contributed by atoms with van der Waals surface area (Å²) in [6.45, 7) is 0.413. The number of nitrogens with one attached hydrogen (secondary N) is 1. The van der Waals surface area contributed by atoms with Crippen molar-refractivity contribution in [2.24, 2.45) is 0 Å². The van der Waals surface area contributed by atoms with Crippen molar-refractivity contribution in [1.29, 1.82) is 0 Å². The normalized spacial score (nSPS) is 10.1. The van der Waals surface area contributed by atoms with Crippen LogP contribution in [0.1, 0.15) is 5.69 Å². The van der Waals surface area contributed by atoms with Gasteiger partial charge in [0.1, 0.15) is 18.1 Å². The van der Waals surface area contributed by atoms with Crippen molar-refractivity contribution in [2.75, 3.05) is 12.8 Å². The molecular formula is C11H13N3O2. The summed E-state index contributed by atoms with van der Waals surface area (Å²) in [5.41, 5.74) is 6.29. The fourth-order valence-corrected chi connectivity index (χ4v) is 1.28. The van der Waals surface area contributed by atoms with E-state index in [-0.39, 0.29) is 0 Å². The van der Waals surface area contributed by atoms with Gasteiger partial charge in [0.25, 0.3) is 0 Å². The molecule has 1 aromatic heterocycles. The Kier molecular flexibility index (Phi) is 2.95. The van der Waals surface area contributed by atoms with E-state index in [9.17, 15) is 0 Å². The van der Waals surface area contributed by atoms with Crippen LogP contribution in [0.4, 0.5) is 5.95 Å². The molecule has 0 fully saturated rings. The molecule has 0 saturated heterocycles. The first-order chi connectivity index (χ1) is 7.78. The average Bonchev–Trinajstić information content (AvgIpc) is 2.73. The summed E-state index contributed by atoms with van der Waals surface area (Å²) in [5.74, 6) is 1.97. The molecule has 2 aromatic rings. The largest absolute Gasteiger partial charge is 0.497 e. The molecule has 0 aliphatic carbocycles. The number of nitrogens with two attached hydrogens (primary N) is 1. The molecule has 3 N–H and O–H groups in total. The third-order valence-electron chi connectivity index (χ3n) is 2.10. The third-order valence-corrected chi connectivity index (χ3v) is 2.10. The zero-order valence-corrected chi connectivity index (χ0v) is 8.93. The molecular weight excluding hydrogens is 206 g/mol. The Morgan fingerprint density at radius 3 is 2.50 bits per heavy atom. The summed E-state index contributed by atoms with van der Waals surface area (Å²) in [6, 6.07) is 7.38. The first-order valence-corrected chi connectivity index (χ1v) is 4.84. The maximum absolute atomic E-state index is 5.52. The lowest BCUT2D eigenvalue weighted by atomic mass is 10.3. The number of methoxy groups -OCH3 is 1. The van der Waals surface area contributed by atoms with E-state index in [0.717, 1.165) is 17.2 Å². The van der Waals surface area contributed by atoms with Crippen LogP contribution in [0.25, 0.3) is 0 Å². The van der Waals surface area contributed by atoms with Gasteiger partial charge < -0.3 is 20.2 Å². The summed E-state index contributed by atoms with van der Waals surface area (Å²) in [7, 11) is 1.63. The molecule has 0 spiro atoms. The SMILES string of the molecule is COc1ccc(OCc2cnc(N)[nH]2)cc1. The zero-order valence-electron chi connectivity index (χ0n) is 8.93. The lowest BCUT2D eigenvalue weighted by Gasteiger charge is -2.05. The van der Waals surface area contributed by atoms with Crippen molar-refractivity contribution in [3.8, 4) is 11.5 Å². The van der Waals surface area contributed by atoms with Crippen LogP contribution >= 0.6 is 0 Å². The Hall–Kier alpha value is -2.17. The van der Waals surface area contributed by atoms with Crippen LogP contribution < -0.4 is 15.2 Å². The van der Waals surface area contributed by atoms with Crippen molar-refractivity contribution in [2.45, 2.75) is 6.61 Å². The highest BCUT2D eigenvalue weighted by molar-refractivity contribution is 5.31. The van der Waals surface area contributed by atoms with Gasteiger partial charge in [0.05, 0.1) is 19.0 Å². The molecule has 5 heteroatoms. The minimum absolute atomic E-state index is 0.397. The van der Waals surface area contributed by atoms with Crippen LogP contribution in [0.3, 0.4) is 0 Å². The fourth-order valence-electron chi connectivity index (χ4n) is 1.28. The highest BCUT2D eigenvalue weighted by atomic mass is 16.5. The molecule has 84 valence electrons. The van der Waals surface area contributed by atoms with Crippen molar-refractivity contribution >= 4 is 5.95 Å². The molecule has 0 radical (unpaired) electrons. The van der Waals surface area contributed by atoms with E-state index in [0.29, 0.717) is 12.6 Å². The van der Waals surface area contributed by atoms with Crippen LogP contribution in [0.15, 0.2) is 30.5 Å². The van der Waals surface area contributed by atoms with Crippen molar-refractivity contribution in [1.82, 2.24) is 9.97 Å². The number of hydrogen-bond acceptors (Lipinski definition) is 4. The molecule has 1 aromatic carbocycles. The van der Waals surface area contributed by atoms with Gasteiger partial charge in [-0.25, -0.2) is 4.98 Å². The Bertz CT molecular complexity index is 451. The Balaban J connectivity index is 1.94. The van der Waals surface area contributed by atoms with Gasteiger partial charge in [0.2, 0.25) is 0 Å². The van der Waals surface area contributed by atoms with E-state index in [1.54, 1.807) is 13.3 Å². The number of hydrogen-bond donors (Lipinski definition) is 2. The second kappa shape index (κ2) is 4.57. The number of nitrogens with zero attached hydrogens (tertiary/aromatic N) is 1. The van der Waals surface area contributed by atoms with Gasteiger partial charge in [-0.05, 0) is 24.3 Å². The van der Waals surface area contributed by atoms with Crippen LogP contribution in [-0.4, -0.2) is 17.1 Å². The number of anilines is 1. The highest BCUT2D eigenvalue weighted by Crippen LogP contribution is 2.17. The maximum atomic E-state index is 5.52. The number of aromatic nitrogens is 2. The average molecular weight is 219 g/mol. The van der Waals surface area contributed by atoms with E-state index in [4.69, 9.17) is 15.2 Å². The molecule has 16 heavy (non-hydrogen) atoms. The fraction of sp³-hybridized carbons (Fsp3) is 0.182. The molecule has 0 bridgehead atoms. The van der Waals surface area contributed by atoms with Gasteiger partial charge in [-0.2, -0.15) is 0 Å². The Morgan fingerprint density at radius 1 is 1.25 bits per heavy atom. The summed E-state index contributed by atoms with van der Waals surface area (Å²) in [5, 5.41) is 0. The lowest BCUT2D eigenvalue weighted by Crippen LogP contribution is -1.96. The molecule has 0 atom stereocenters. The van der Waals surface area contributed by atoms with Gasteiger partial charge in [0, 0.05) is 0 Å². The molecule has 0 unspecified atom stereocenters. The number of rotatable bonds is 4. The van der Waals surface area contributed by atoms with E-state index in [2.05, 4.69) is 9.97 Å². The summed E-state index contributed by atoms with van der Waals surface area (Å²) in [4.78, 5) is 6.76. The second-order valence-electron chi connectivity index (χ2n) is 3.26. The highest BCUT2D eigenvalue weighted by Gasteiger charge is 1.99. The third kappa shape index (κ3) is 2.44. The molecule has 0 saturated carbocycles. The predicted molar refractivity (Wildman–Crippen MR) is 60.3 cm³/mol. The van der Waals surface area contributed by atoms with Crippen LogP contribution in [0.5, 0.6) is 11.5 Å². The number of imidazole rings is 1. The number of benzene rings is 1. The van der Waals surface area contributed by atoms with Crippen LogP contribution in [0.2, 0.25) is 0 Å². The first-order valence-electron chi connectivity index (χ1n) is 4.84. The van der Waals surface area contributed by atoms with E-state index in [1.807, 2.05) is 24.3 Å². The number of ether oxygens (including phenoxy) is 2. The summed E-state index contributed by atoms with van der Waals surface area (Å²) >= 11 is 0. The maximum Gasteiger partial charge on any atom is 0.197 e. The standard InChI is InChI=1S/C11H13N3O2/c1-15-9-2-4-10(5-3-9)16-7-8-6-13-11(12)14-8/h2-6H,7H2,1H3,(H3,12,13,14). The monoisotopic (exact) mass is 219 g/mol. The Labute approximate surface area is 93.2 Å². The van der Waals surface area contributed by atoms with Gasteiger partial charge in [-0.3, -0.25) is 0 Å². The van der Waals surface area contributed by atoms with Gasteiger partial charge in [-0.15, -0.1) is 0 Å².